The third-order valence-corrected chi connectivity index (χ3v) is 4.92. The van der Waals surface area contributed by atoms with Gasteiger partial charge in [0.05, 0.1) is 6.54 Å². The van der Waals surface area contributed by atoms with E-state index in [1.54, 1.807) is 11.1 Å². The second kappa shape index (κ2) is 7.31. The van der Waals surface area contributed by atoms with E-state index in [0.29, 0.717) is 18.1 Å². The summed E-state index contributed by atoms with van der Waals surface area (Å²) in [6.07, 6.45) is 1.69. The smallest absolute Gasteiger partial charge is 0.295 e. The quantitative estimate of drug-likeness (QED) is 0.470. The van der Waals surface area contributed by atoms with Gasteiger partial charge in [0.15, 0.2) is 5.76 Å². The first-order chi connectivity index (χ1) is 13.5. The molecule has 4 rings (SSSR count). The van der Waals surface area contributed by atoms with Gasteiger partial charge >= 0.3 is 0 Å². The third kappa shape index (κ3) is 3.29. The fourth-order valence-electron chi connectivity index (χ4n) is 3.65. The maximum absolute atomic E-state index is 13.5. The molecule has 0 aliphatic rings. The van der Waals surface area contributed by atoms with E-state index in [9.17, 15) is 4.79 Å². The Labute approximate surface area is 164 Å². The molecule has 0 saturated heterocycles. The monoisotopic (exact) mass is 370 g/mol. The molecule has 4 nitrogen and oxygen atoms in total. The Morgan fingerprint density at radius 1 is 1.00 bits per heavy atom. The molecule has 0 saturated carbocycles. The van der Waals surface area contributed by atoms with Crippen molar-refractivity contribution in [2.24, 2.45) is 0 Å². The number of benzene rings is 2. The van der Waals surface area contributed by atoms with Gasteiger partial charge in [-0.15, -0.1) is 0 Å². The summed E-state index contributed by atoms with van der Waals surface area (Å²) in [5.74, 6) is 0.780. The maximum atomic E-state index is 13.5. The molecular weight excluding hydrogens is 348 g/mol. The van der Waals surface area contributed by atoms with Crippen LogP contribution in [-0.4, -0.2) is 10.9 Å². The van der Waals surface area contributed by atoms with Gasteiger partial charge in [0.25, 0.3) is 5.91 Å². The number of hydrogen-bond acceptors (Lipinski definition) is 3. The Morgan fingerprint density at radius 2 is 1.75 bits per heavy atom. The van der Waals surface area contributed by atoms with Crippen molar-refractivity contribution < 1.29 is 9.21 Å². The van der Waals surface area contributed by atoms with E-state index in [1.807, 2.05) is 75.4 Å². The largest absolute Gasteiger partial charge is 0.451 e. The average Bonchev–Trinajstić information content (AvgIpc) is 3.03. The molecule has 28 heavy (non-hydrogen) atoms. The van der Waals surface area contributed by atoms with E-state index in [-0.39, 0.29) is 5.91 Å². The zero-order chi connectivity index (χ0) is 19.7. The Bertz CT molecular complexity index is 1130. The number of carbonyl (C=O) groups is 1. The zero-order valence-electron chi connectivity index (χ0n) is 16.3. The summed E-state index contributed by atoms with van der Waals surface area (Å²) in [5.41, 5.74) is 4.87. The van der Waals surface area contributed by atoms with Gasteiger partial charge in [0, 0.05) is 17.1 Å². The van der Waals surface area contributed by atoms with Gasteiger partial charge in [0.2, 0.25) is 0 Å². The van der Waals surface area contributed by atoms with Gasteiger partial charge in [-0.05, 0) is 55.7 Å². The number of amides is 1. The summed E-state index contributed by atoms with van der Waals surface area (Å²) in [6.45, 7) is 6.44. The predicted molar refractivity (Wildman–Crippen MR) is 112 cm³/mol. The molecule has 0 radical (unpaired) electrons. The molecule has 0 atom stereocenters. The molecule has 0 bridgehead atoms. The topological polar surface area (TPSA) is 46.3 Å². The number of carbonyl (C=O) groups excluding carboxylic acids is 1. The highest BCUT2D eigenvalue weighted by Crippen LogP contribution is 2.31. The molecule has 4 heteroatoms. The van der Waals surface area contributed by atoms with Crippen molar-refractivity contribution in [3.05, 3.63) is 94.9 Å². The van der Waals surface area contributed by atoms with Crippen LogP contribution in [0, 0.1) is 20.8 Å². The number of pyridine rings is 1. The molecule has 0 unspecified atom stereocenters. The first-order valence-electron chi connectivity index (χ1n) is 9.32. The lowest BCUT2D eigenvalue weighted by atomic mass is 10.0. The van der Waals surface area contributed by atoms with Gasteiger partial charge in [-0.1, -0.05) is 42.5 Å². The van der Waals surface area contributed by atoms with Crippen LogP contribution in [0.15, 0.2) is 71.3 Å². The summed E-state index contributed by atoms with van der Waals surface area (Å²) in [7, 11) is 0. The molecule has 0 aliphatic heterocycles. The Hall–Kier alpha value is -3.40. The summed E-state index contributed by atoms with van der Waals surface area (Å²) < 4.78 is 6.04. The number of rotatable bonds is 4. The number of hydrogen-bond donors (Lipinski definition) is 0. The lowest BCUT2D eigenvalue weighted by molar-refractivity contribution is 0.0959. The second-order valence-corrected chi connectivity index (χ2v) is 7.08. The molecule has 2 heterocycles. The van der Waals surface area contributed by atoms with Gasteiger partial charge < -0.3 is 4.42 Å². The highest BCUT2D eigenvalue weighted by Gasteiger charge is 2.26. The van der Waals surface area contributed by atoms with E-state index in [1.165, 1.54) is 0 Å². The molecule has 2 aromatic heterocycles. The molecule has 2 aromatic carbocycles. The number of nitrogens with zero attached hydrogens (tertiary/aromatic N) is 2. The molecule has 0 spiro atoms. The van der Waals surface area contributed by atoms with E-state index in [4.69, 9.17) is 4.42 Å². The zero-order valence-corrected chi connectivity index (χ0v) is 16.3. The van der Waals surface area contributed by atoms with Gasteiger partial charge in [-0.25, -0.2) is 4.98 Å². The third-order valence-electron chi connectivity index (χ3n) is 4.92. The van der Waals surface area contributed by atoms with Crippen LogP contribution >= 0.6 is 0 Å². The lowest BCUT2D eigenvalue weighted by Gasteiger charge is -2.21. The number of aromatic nitrogens is 1. The van der Waals surface area contributed by atoms with Crippen LogP contribution in [0.2, 0.25) is 0 Å². The van der Waals surface area contributed by atoms with Crippen molar-refractivity contribution in [2.45, 2.75) is 27.3 Å². The van der Waals surface area contributed by atoms with Crippen LogP contribution in [-0.2, 0) is 6.54 Å². The molecule has 1 amide bonds. The van der Waals surface area contributed by atoms with Crippen LogP contribution in [0.1, 0.15) is 32.8 Å². The Morgan fingerprint density at radius 3 is 2.46 bits per heavy atom. The molecule has 0 fully saturated rings. The summed E-state index contributed by atoms with van der Waals surface area (Å²) >= 11 is 0. The Kier molecular flexibility index (Phi) is 4.70. The normalized spacial score (nSPS) is 11.0. The van der Waals surface area contributed by atoms with Crippen LogP contribution in [0.4, 0.5) is 5.82 Å². The SMILES string of the molecule is Cc1cc(C)c2c(C)c(C(=O)N(Cc3ccccc3)c3ccccn3)oc2c1. The molecule has 140 valence electrons. The minimum absolute atomic E-state index is 0.187. The molecule has 0 aliphatic carbocycles. The highest BCUT2D eigenvalue weighted by atomic mass is 16.3. The van der Waals surface area contributed by atoms with E-state index in [2.05, 4.69) is 11.1 Å². The van der Waals surface area contributed by atoms with Gasteiger partial charge in [-0.2, -0.15) is 0 Å². The van der Waals surface area contributed by atoms with Crippen molar-refractivity contribution in [2.75, 3.05) is 4.90 Å². The van der Waals surface area contributed by atoms with Gasteiger partial charge in [0.1, 0.15) is 11.4 Å². The molecule has 4 aromatic rings. The van der Waals surface area contributed by atoms with Crippen molar-refractivity contribution in [1.29, 1.82) is 0 Å². The van der Waals surface area contributed by atoms with E-state index in [0.717, 1.165) is 33.2 Å². The number of aryl methyl sites for hydroxylation is 3. The predicted octanol–water partition coefficient (Wildman–Crippen LogP) is 5.60. The van der Waals surface area contributed by atoms with Crippen molar-refractivity contribution in [3.63, 3.8) is 0 Å². The average molecular weight is 370 g/mol. The minimum Gasteiger partial charge on any atom is -0.451 e. The van der Waals surface area contributed by atoms with Crippen molar-refractivity contribution >= 4 is 22.7 Å². The molecular formula is C24H22N2O2. The van der Waals surface area contributed by atoms with Crippen LogP contribution in [0.3, 0.4) is 0 Å². The van der Waals surface area contributed by atoms with Crippen molar-refractivity contribution in [3.8, 4) is 0 Å². The van der Waals surface area contributed by atoms with Crippen LogP contribution < -0.4 is 4.90 Å². The van der Waals surface area contributed by atoms with Crippen LogP contribution in [0.25, 0.3) is 11.0 Å². The summed E-state index contributed by atoms with van der Waals surface area (Å²) in [6, 6.07) is 19.6. The van der Waals surface area contributed by atoms with E-state index >= 15 is 0 Å². The number of furan rings is 1. The number of fused-ring (bicyclic) bond motifs is 1. The molecule has 0 N–H and O–H groups in total. The van der Waals surface area contributed by atoms with E-state index < -0.39 is 0 Å². The fourth-order valence-corrected chi connectivity index (χ4v) is 3.65. The summed E-state index contributed by atoms with van der Waals surface area (Å²) in [5, 5.41) is 1.01. The second-order valence-electron chi connectivity index (χ2n) is 7.08. The minimum atomic E-state index is -0.187. The summed E-state index contributed by atoms with van der Waals surface area (Å²) in [4.78, 5) is 19.6. The van der Waals surface area contributed by atoms with Crippen molar-refractivity contribution in [1.82, 2.24) is 4.98 Å². The first kappa shape index (κ1) is 18.0. The van der Waals surface area contributed by atoms with Gasteiger partial charge in [-0.3, -0.25) is 9.69 Å². The first-order valence-corrected chi connectivity index (χ1v) is 9.32. The maximum Gasteiger partial charge on any atom is 0.295 e. The fraction of sp³-hybridized carbons (Fsp3) is 0.167. The lowest BCUT2D eigenvalue weighted by Crippen LogP contribution is -2.31. The van der Waals surface area contributed by atoms with Crippen LogP contribution in [0.5, 0.6) is 0 Å². The highest BCUT2D eigenvalue weighted by molar-refractivity contribution is 6.07. The number of anilines is 1. The Balaban J connectivity index is 1.80. The standard InChI is InChI=1S/C24H22N2O2/c1-16-13-17(2)22-18(3)23(28-20(22)14-16)24(27)26(21-11-7-8-12-25-21)15-19-9-5-4-6-10-19/h4-14H,15H2,1-3H3.